The van der Waals surface area contributed by atoms with E-state index in [4.69, 9.17) is 16.2 Å². The number of nitrogen functional groups attached to an aromatic ring is 1. The lowest BCUT2D eigenvalue weighted by atomic mass is 10.1. The van der Waals surface area contributed by atoms with Crippen molar-refractivity contribution in [2.75, 3.05) is 32.1 Å². The summed E-state index contributed by atoms with van der Waals surface area (Å²) in [5.41, 5.74) is 6.73. The van der Waals surface area contributed by atoms with Gasteiger partial charge < -0.3 is 15.7 Å². The Morgan fingerprint density at radius 1 is 0.972 bits per heavy atom. The van der Waals surface area contributed by atoms with Gasteiger partial charge in [0.15, 0.2) is 9.84 Å². The summed E-state index contributed by atoms with van der Waals surface area (Å²) in [6, 6.07) is 10.2. The number of aromatic hydroxyl groups is 1. The van der Waals surface area contributed by atoms with Crippen LogP contribution in [0, 0.1) is 0 Å². The molecule has 13 nitrogen and oxygen atoms in total. The van der Waals surface area contributed by atoms with Crippen molar-refractivity contribution in [2.45, 2.75) is 14.7 Å². The van der Waals surface area contributed by atoms with Crippen LogP contribution in [-0.2, 0) is 28.6 Å². The molecule has 0 saturated heterocycles. The van der Waals surface area contributed by atoms with Crippen LogP contribution >= 0.6 is 24.1 Å². The lowest BCUT2D eigenvalue weighted by Gasteiger charge is -2.11. The third kappa shape index (κ3) is 7.04. The molecule has 36 heavy (non-hydrogen) atoms. The summed E-state index contributed by atoms with van der Waals surface area (Å²) in [4.78, 5) is 2.32. The summed E-state index contributed by atoms with van der Waals surface area (Å²) in [5.74, 6) is -0.214. The smallest absolute Gasteiger partial charge is 0.179 e. The molecule has 0 radical (unpaired) electrons. The van der Waals surface area contributed by atoms with Gasteiger partial charge in [-0.15, -0.1) is 18.9 Å². The molecule has 0 aliphatic rings. The van der Waals surface area contributed by atoms with Crippen molar-refractivity contribution in [2.24, 2.45) is 10.2 Å². The monoisotopic (exact) mass is 558 g/mol. The molecule has 3 aromatic carbocycles. The quantitative estimate of drug-likeness (QED) is 0.0786. The number of anilines is 1. The predicted molar refractivity (Wildman–Crippen MR) is 133 cm³/mol. The van der Waals surface area contributed by atoms with Crippen molar-refractivity contribution in [3.63, 3.8) is 0 Å². The molecule has 3 aromatic rings. The Balaban J connectivity index is 2.04. The van der Waals surface area contributed by atoms with Gasteiger partial charge in [-0.3, -0.25) is 0 Å². The van der Waals surface area contributed by atoms with Crippen molar-refractivity contribution in [3.05, 3.63) is 42.5 Å². The molecular weight excluding hydrogens is 536 g/mol. The number of fused-ring (bicyclic) bond motifs is 1. The van der Waals surface area contributed by atoms with Crippen LogP contribution in [0.4, 0.5) is 17.1 Å². The molecule has 0 spiro atoms. The average Bonchev–Trinajstić information content (AvgIpc) is 2.84. The van der Waals surface area contributed by atoms with E-state index >= 15 is 0 Å². The van der Waals surface area contributed by atoms with Crippen LogP contribution in [0.2, 0.25) is 0 Å². The van der Waals surface area contributed by atoms with Crippen molar-refractivity contribution in [1.82, 2.24) is 4.90 Å². The van der Waals surface area contributed by atoms with E-state index < -0.39 is 9.84 Å². The van der Waals surface area contributed by atoms with Crippen LogP contribution in [0.25, 0.3) is 10.8 Å². The van der Waals surface area contributed by atoms with Gasteiger partial charge in [0.25, 0.3) is 0 Å². The Kier molecular flexibility index (Phi) is 9.85. The zero-order valence-electron chi connectivity index (χ0n) is 18.9. The van der Waals surface area contributed by atoms with Gasteiger partial charge in [-0.05, 0) is 56.6 Å². The molecule has 5 N–H and O–H groups in total. The minimum atomic E-state index is -3.62. The molecule has 0 aliphatic carbocycles. The van der Waals surface area contributed by atoms with Crippen LogP contribution in [0.15, 0.2) is 67.4 Å². The predicted octanol–water partition coefficient (Wildman–Crippen LogP) is 4.73. The van der Waals surface area contributed by atoms with E-state index in [0.29, 0.717) is 46.3 Å². The molecule has 194 valence electrons. The van der Waals surface area contributed by atoms with E-state index in [2.05, 4.69) is 29.0 Å². The van der Waals surface area contributed by atoms with Crippen LogP contribution in [0.3, 0.4) is 0 Å². The highest BCUT2D eigenvalue weighted by atomic mass is 32.2. The molecule has 0 bridgehead atoms. The second-order valence-electron chi connectivity index (χ2n) is 7.44. The van der Waals surface area contributed by atoms with Crippen LogP contribution in [0.1, 0.15) is 0 Å². The maximum Gasteiger partial charge on any atom is 0.179 e. The maximum atomic E-state index is 12.7. The first-order valence-electron chi connectivity index (χ1n) is 9.94. The highest BCUT2D eigenvalue weighted by Gasteiger charge is 2.18. The molecule has 0 atom stereocenters. The van der Waals surface area contributed by atoms with Crippen LogP contribution in [0.5, 0.6) is 5.75 Å². The lowest BCUT2D eigenvalue weighted by molar-refractivity contribution is -0.432. The molecule has 0 aromatic heterocycles. The van der Waals surface area contributed by atoms with E-state index in [1.54, 1.807) is 31.1 Å². The number of phenols is 1. The first kappa shape index (κ1) is 28.1. The molecule has 16 heteroatoms. The highest BCUT2D eigenvalue weighted by molar-refractivity contribution is 7.95. The van der Waals surface area contributed by atoms with Gasteiger partial charge in [0, 0.05) is 22.2 Å². The normalized spacial score (nSPS) is 12.2. The number of nitrogens with two attached hydrogens (primary N) is 1. The Morgan fingerprint density at radius 3 is 2.39 bits per heavy atom. The zero-order valence-corrected chi connectivity index (χ0v) is 21.3. The average molecular weight is 559 g/mol. The lowest BCUT2D eigenvalue weighted by Crippen LogP contribution is -2.21. The molecular formula is C20H22N4O9S3. The number of sulfone groups is 1. The van der Waals surface area contributed by atoms with Crippen molar-refractivity contribution >= 4 is 61.8 Å². The summed E-state index contributed by atoms with van der Waals surface area (Å²) in [5, 5.41) is 43.8. The number of azo groups is 1. The summed E-state index contributed by atoms with van der Waals surface area (Å²) in [6.45, 7) is 0.325. The minimum absolute atomic E-state index is 0.0229. The third-order valence-corrected chi connectivity index (χ3v) is 7.64. The van der Waals surface area contributed by atoms with Gasteiger partial charge in [-0.25, -0.2) is 18.9 Å². The summed E-state index contributed by atoms with van der Waals surface area (Å²) in [7, 11) is -0.0868. The van der Waals surface area contributed by atoms with Gasteiger partial charge in [0.05, 0.1) is 45.3 Å². The second kappa shape index (κ2) is 12.6. The SMILES string of the molecule is CN(C)CCS(=O)(=O)c1ccc(N=Nc2c(N)ccc3c(O)cc(SOOO)cc23)c(SOOO)c1. The fraction of sp³-hybridized carbons (Fsp3) is 0.200. The van der Waals surface area contributed by atoms with E-state index in [9.17, 15) is 13.5 Å². The number of benzene rings is 3. The second-order valence-corrected chi connectivity index (χ2v) is 11.1. The van der Waals surface area contributed by atoms with Gasteiger partial charge in [0.2, 0.25) is 0 Å². The third-order valence-electron chi connectivity index (χ3n) is 4.76. The number of rotatable bonds is 12. The van der Waals surface area contributed by atoms with Gasteiger partial charge in [0.1, 0.15) is 17.1 Å². The van der Waals surface area contributed by atoms with Crippen molar-refractivity contribution in [1.29, 1.82) is 0 Å². The summed E-state index contributed by atoms with van der Waals surface area (Å²) in [6.07, 6.45) is 0. The number of nitrogens with zero attached hydrogens (tertiary/aromatic N) is 3. The number of phenolic OH excluding ortho intramolecular Hbond substituents is 1. The zero-order chi connectivity index (χ0) is 26.3. The van der Waals surface area contributed by atoms with E-state index in [1.165, 1.54) is 30.3 Å². The van der Waals surface area contributed by atoms with Crippen LogP contribution in [-0.4, -0.2) is 55.3 Å². The largest absolute Gasteiger partial charge is 0.507 e. The first-order valence-corrected chi connectivity index (χ1v) is 13.1. The topological polar surface area (TPSA) is 186 Å². The number of hydrogen-bond acceptors (Lipinski definition) is 15. The van der Waals surface area contributed by atoms with E-state index in [0.717, 1.165) is 0 Å². The fourth-order valence-corrected chi connectivity index (χ4v) is 5.41. The van der Waals surface area contributed by atoms with Crippen LogP contribution < -0.4 is 5.73 Å². The van der Waals surface area contributed by atoms with Crippen molar-refractivity contribution < 1.29 is 42.8 Å². The maximum absolute atomic E-state index is 12.7. The highest BCUT2D eigenvalue weighted by Crippen LogP contribution is 2.41. The molecule has 0 saturated carbocycles. The minimum Gasteiger partial charge on any atom is -0.507 e. The Labute approximate surface area is 214 Å². The molecule has 0 amide bonds. The first-order chi connectivity index (χ1) is 17.2. The molecule has 0 heterocycles. The van der Waals surface area contributed by atoms with Gasteiger partial charge in [-0.1, -0.05) is 10.1 Å². The Bertz CT molecular complexity index is 1350. The van der Waals surface area contributed by atoms with E-state index in [1.807, 2.05) is 0 Å². The standard InChI is InChI=1S/C20H22N4O9S3/c1-24(2)7-8-36(28,29)13-3-6-17(19(11-13)35-33-31-27)22-23-20-15-9-12(34-32-30-26)10-18(25)14(15)4-5-16(20)21/h3-6,9-11,25-27H,7-8,21H2,1-2H3. The van der Waals surface area contributed by atoms with E-state index in [-0.39, 0.29) is 38.4 Å². The summed E-state index contributed by atoms with van der Waals surface area (Å²) >= 11 is 1.17. The molecule has 0 aliphatic heterocycles. The molecule has 0 fully saturated rings. The Morgan fingerprint density at radius 2 is 1.69 bits per heavy atom. The van der Waals surface area contributed by atoms with Gasteiger partial charge in [-0.2, -0.15) is 0 Å². The Hall–Kier alpha value is -2.51. The summed E-state index contributed by atoms with van der Waals surface area (Å²) < 4.78 is 34.3. The molecule has 0 unspecified atom stereocenters. The number of hydrogen-bond donors (Lipinski definition) is 4. The van der Waals surface area contributed by atoms with Crippen molar-refractivity contribution in [3.8, 4) is 5.75 Å². The fourth-order valence-electron chi connectivity index (χ4n) is 3.02. The van der Waals surface area contributed by atoms with Gasteiger partial charge >= 0.3 is 0 Å². The molecule has 3 rings (SSSR count).